The van der Waals surface area contributed by atoms with E-state index in [1.54, 1.807) is 0 Å². The highest BCUT2D eigenvalue weighted by Crippen LogP contribution is 2.21. The van der Waals surface area contributed by atoms with Gasteiger partial charge in [0.05, 0.1) is 5.56 Å². The number of rotatable bonds is 7. The molecule has 1 amide bonds. The highest BCUT2D eigenvalue weighted by Gasteiger charge is 2.14. The van der Waals surface area contributed by atoms with Crippen LogP contribution < -0.4 is 5.32 Å². The zero-order valence-corrected chi connectivity index (χ0v) is 11.8. The summed E-state index contributed by atoms with van der Waals surface area (Å²) in [6, 6.07) is 4.36. The number of aliphatic hydroxyl groups is 1. The lowest BCUT2D eigenvalue weighted by Crippen LogP contribution is -2.29. The van der Waals surface area contributed by atoms with E-state index in [0.29, 0.717) is 18.0 Å². The monoisotopic (exact) mass is 285 g/mol. The van der Waals surface area contributed by atoms with Crippen LogP contribution in [0.15, 0.2) is 18.2 Å². The number of nitrogens with one attached hydrogen (secondary N) is 1. The first-order valence-corrected chi connectivity index (χ1v) is 6.83. The number of phenols is 1. The molecule has 0 fully saturated rings. The van der Waals surface area contributed by atoms with Gasteiger partial charge in [0.2, 0.25) is 0 Å². The van der Waals surface area contributed by atoms with E-state index < -0.39 is 0 Å². The topological polar surface area (TPSA) is 69.6 Å². The quantitative estimate of drug-likeness (QED) is 0.721. The molecule has 0 radical (unpaired) electrons. The van der Waals surface area contributed by atoms with Gasteiger partial charge < -0.3 is 15.5 Å². The molecule has 0 aliphatic rings. The molecule has 4 nitrogen and oxygen atoms in total. The Labute approximate surface area is 118 Å². The van der Waals surface area contributed by atoms with E-state index in [0.717, 1.165) is 12.8 Å². The van der Waals surface area contributed by atoms with E-state index in [-0.39, 0.29) is 29.7 Å². The van der Waals surface area contributed by atoms with Crippen molar-refractivity contribution >= 4 is 17.5 Å². The molecule has 1 aromatic rings. The highest BCUT2D eigenvalue weighted by molar-refractivity contribution is 6.31. The first-order valence-electron chi connectivity index (χ1n) is 6.46. The van der Waals surface area contributed by atoms with Gasteiger partial charge in [0.1, 0.15) is 5.75 Å². The number of amides is 1. The Hall–Kier alpha value is -1.26. The summed E-state index contributed by atoms with van der Waals surface area (Å²) >= 11 is 5.80. The van der Waals surface area contributed by atoms with Gasteiger partial charge in [-0.2, -0.15) is 0 Å². The van der Waals surface area contributed by atoms with Gasteiger partial charge in [0.15, 0.2) is 0 Å². The number of aliphatic hydroxyl groups excluding tert-OH is 1. The molecule has 1 atom stereocenters. The van der Waals surface area contributed by atoms with E-state index in [1.165, 1.54) is 18.2 Å². The average Bonchev–Trinajstić information content (AvgIpc) is 2.39. The van der Waals surface area contributed by atoms with Crippen molar-refractivity contribution in [3.8, 4) is 5.75 Å². The maximum Gasteiger partial charge on any atom is 0.255 e. The van der Waals surface area contributed by atoms with Crippen LogP contribution in [0.4, 0.5) is 0 Å². The minimum Gasteiger partial charge on any atom is -0.507 e. The fourth-order valence-corrected chi connectivity index (χ4v) is 2.13. The van der Waals surface area contributed by atoms with E-state index >= 15 is 0 Å². The van der Waals surface area contributed by atoms with Crippen molar-refractivity contribution in [1.29, 1.82) is 0 Å². The number of carbonyl (C=O) groups is 1. The molecular weight excluding hydrogens is 266 g/mol. The van der Waals surface area contributed by atoms with Crippen LogP contribution >= 0.6 is 11.6 Å². The van der Waals surface area contributed by atoms with Crippen LogP contribution in [0, 0.1) is 5.92 Å². The third-order valence-electron chi connectivity index (χ3n) is 2.99. The number of phenolic OH excluding ortho intramolecular Hbond substituents is 1. The summed E-state index contributed by atoms with van der Waals surface area (Å²) in [6.07, 6.45) is 2.61. The molecule has 5 heteroatoms. The summed E-state index contributed by atoms with van der Waals surface area (Å²) < 4.78 is 0. The van der Waals surface area contributed by atoms with Crippen molar-refractivity contribution in [3.05, 3.63) is 28.8 Å². The molecule has 0 saturated heterocycles. The van der Waals surface area contributed by atoms with Gasteiger partial charge in [-0.1, -0.05) is 24.9 Å². The molecule has 1 aromatic carbocycles. The fraction of sp³-hybridized carbons (Fsp3) is 0.500. The lowest BCUT2D eigenvalue weighted by molar-refractivity contribution is 0.0940. The predicted octanol–water partition coefficient (Wildman–Crippen LogP) is 2.57. The Kier molecular flexibility index (Phi) is 6.67. The van der Waals surface area contributed by atoms with Crippen molar-refractivity contribution in [1.82, 2.24) is 5.32 Å². The number of halogens is 1. The Morgan fingerprint density at radius 3 is 2.79 bits per heavy atom. The summed E-state index contributed by atoms with van der Waals surface area (Å²) in [4.78, 5) is 11.9. The zero-order chi connectivity index (χ0) is 14.3. The number of aromatic hydroxyl groups is 1. The molecule has 3 N–H and O–H groups in total. The molecule has 0 saturated carbocycles. The van der Waals surface area contributed by atoms with Crippen LogP contribution in [0.5, 0.6) is 5.75 Å². The van der Waals surface area contributed by atoms with Crippen LogP contribution in [0.3, 0.4) is 0 Å². The second kappa shape index (κ2) is 8.02. The molecule has 0 aliphatic carbocycles. The lowest BCUT2D eigenvalue weighted by Gasteiger charge is -2.16. The summed E-state index contributed by atoms with van der Waals surface area (Å²) in [5.74, 6) is -0.185. The van der Waals surface area contributed by atoms with E-state index in [2.05, 4.69) is 12.2 Å². The van der Waals surface area contributed by atoms with Gasteiger partial charge in [0.25, 0.3) is 5.91 Å². The first kappa shape index (κ1) is 15.8. The molecular formula is C14H20ClNO3. The van der Waals surface area contributed by atoms with Crippen LogP contribution in [-0.2, 0) is 0 Å². The lowest BCUT2D eigenvalue weighted by atomic mass is 10.00. The zero-order valence-electron chi connectivity index (χ0n) is 11.0. The van der Waals surface area contributed by atoms with Gasteiger partial charge >= 0.3 is 0 Å². The van der Waals surface area contributed by atoms with Crippen molar-refractivity contribution < 1.29 is 15.0 Å². The van der Waals surface area contributed by atoms with E-state index in [1.807, 2.05) is 0 Å². The standard InChI is InChI=1S/C14H20ClNO3/c1-2-3-10(6-7-17)9-16-14(19)12-8-11(15)4-5-13(12)18/h4-5,8,10,17-18H,2-3,6-7,9H2,1H3,(H,16,19). The van der Waals surface area contributed by atoms with Crippen LogP contribution in [0.2, 0.25) is 5.02 Å². The predicted molar refractivity (Wildman–Crippen MR) is 75.6 cm³/mol. The molecule has 1 rings (SSSR count). The van der Waals surface area contributed by atoms with Crippen LogP contribution in [0.1, 0.15) is 36.5 Å². The van der Waals surface area contributed by atoms with E-state index in [4.69, 9.17) is 16.7 Å². The van der Waals surface area contributed by atoms with Crippen molar-refractivity contribution in [2.24, 2.45) is 5.92 Å². The van der Waals surface area contributed by atoms with Gasteiger partial charge in [-0.3, -0.25) is 4.79 Å². The third-order valence-corrected chi connectivity index (χ3v) is 3.22. The van der Waals surface area contributed by atoms with Crippen molar-refractivity contribution in [3.63, 3.8) is 0 Å². The van der Waals surface area contributed by atoms with Gasteiger partial charge in [-0.15, -0.1) is 0 Å². The van der Waals surface area contributed by atoms with Crippen LogP contribution in [-0.4, -0.2) is 29.3 Å². The van der Waals surface area contributed by atoms with Crippen molar-refractivity contribution in [2.45, 2.75) is 26.2 Å². The molecule has 106 valence electrons. The smallest absolute Gasteiger partial charge is 0.255 e. The largest absolute Gasteiger partial charge is 0.507 e. The minimum absolute atomic E-state index is 0.0869. The third kappa shape index (κ3) is 5.09. The number of benzene rings is 1. The SMILES string of the molecule is CCCC(CCO)CNC(=O)c1cc(Cl)ccc1O. The normalized spacial score (nSPS) is 12.2. The summed E-state index contributed by atoms with van der Waals surface area (Å²) in [6.45, 7) is 2.66. The van der Waals surface area contributed by atoms with Crippen molar-refractivity contribution in [2.75, 3.05) is 13.2 Å². The number of carbonyl (C=O) groups excluding carboxylic acids is 1. The molecule has 0 bridgehead atoms. The summed E-state index contributed by atoms with van der Waals surface area (Å²) in [5.41, 5.74) is 0.173. The number of hydrogen-bond donors (Lipinski definition) is 3. The minimum atomic E-state index is -0.348. The Morgan fingerprint density at radius 1 is 1.42 bits per heavy atom. The molecule has 0 heterocycles. The summed E-state index contributed by atoms with van der Waals surface area (Å²) in [7, 11) is 0. The Balaban J connectivity index is 2.61. The Morgan fingerprint density at radius 2 is 2.16 bits per heavy atom. The fourth-order valence-electron chi connectivity index (χ4n) is 1.96. The van der Waals surface area contributed by atoms with Gasteiger partial charge in [-0.25, -0.2) is 0 Å². The van der Waals surface area contributed by atoms with Gasteiger partial charge in [0, 0.05) is 18.2 Å². The molecule has 1 unspecified atom stereocenters. The molecule has 0 aromatic heterocycles. The number of hydrogen-bond acceptors (Lipinski definition) is 3. The maximum atomic E-state index is 11.9. The second-order valence-electron chi connectivity index (χ2n) is 4.54. The average molecular weight is 286 g/mol. The van der Waals surface area contributed by atoms with Crippen LogP contribution in [0.25, 0.3) is 0 Å². The molecule has 0 spiro atoms. The second-order valence-corrected chi connectivity index (χ2v) is 4.97. The van der Waals surface area contributed by atoms with E-state index in [9.17, 15) is 9.90 Å². The Bertz CT molecular complexity index is 417. The maximum absolute atomic E-state index is 11.9. The highest BCUT2D eigenvalue weighted by atomic mass is 35.5. The molecule has 0 aliphatic heterocycles. The van der Waals surface area contributed by atoms with Gasteiger partial charge in [-0.05, 0) is 37.0 Å². The first-order chi connectivity index (χ1) is 9.08. The summed E-state index contributed by atoms with van der Waals surface area (Å²) in [5, 5.41) is 21.7. The molecule has 19 heavy (non-hydrogen) atoms.